The van der Waals surface area contributed by atoms with Gasteiger partial charge in [0.1, 0.15) is 13.2 Å². The van der Waals surface area contributed by atoms with Crippen LogP contribution in [0.1, 0.15) is 57.7 Å². The van der Waals surface area contributed by atoms with Gasteiger partial charge < -0.3 is 23.4 Å². The Labute approximate surface area is 301 Å². The Morgan fingerprint density at radius 2 is 1.14 bits per heavy atom. The van der Waals surface area contributed by atoms with Crippen molar-refractivity contribution in [2.75, 3.05) is 39.6 Å². The summed E-state index contributed by atoms with van der Waals surface area (Å²) in [7, 11) is -8.70. The molecular weight excluding hydrogens is 693 g/mol. The smallest absolute Gasteiger partial charge is 0.245 e. The summed E-state index contributed by atoms with van der Waals surface area (Å²) in [6, 6.07) is 20.0. The van der Waals surface area contributed by atoms with E-state index >= 15 is 0 Å². The third kappa shape index (κ3) is 12.4. The fourth-order valence-corrected chi connectivity index (χ4v) is 12.2. The molecule has 0 saturated heterocycles. The van der Waals surface area contributed by atoms with E-state index in [-0.39, 0.29) is 27.5 Å². The molecule has 0 bridgehead atoms. The number of hydrogen-bond donors (Lipinski definition) is 1. The van der Waals surface area contributed by atoms with Gasteiger partial charge in [-0.1, -0.05) is 115 Å². The van der Waals surface area contributed by atoms with E-state index in [0.717, 1.165) is 22.5 Å². The number of hydrogen-bond acceptors (Lipinski definition) is 9. The molecule has 9 nitrogen and oxygen atoms in total. The summed E-state index contributed by atoms with van der Waals surface area (Å²) in [5.41, 5.74) is 1.02. The molecule has 1 aromatic heterocycles. The summed E-state index contributed by atoms with van der Waals surface area (Å²) >= 11 is 1.12. The summed E-state index contributed by atoms with van der Waals surface area (Å²) in [5.74, 6) is 0. The van der Waals surface area contributed by atoms with E-state index < -0.39 is 32.2 Å². The van der Waals surface area contributed by atoms with Gasteiger partial charge in [0.05, 0.1) is 59.1 Å². The van der Waals surface area contributed by atoms with Crippen molar-refractivity contribution in [3.63, 3.8) is 0 Å². The van der Waals surface area contributed by atoms with E-state index in [1.807, 2.05) is 73.8 Å². The minimum atomic E-state index is -3.83. The van der Waals surface area contributed by atoms with E-state index in [1.165, 1.54) is 6.20 Å². The van der Waals surface area contributed by atoms with Crippen LogP contribution in [-0.2, 0) is 52.2 Å². The Kier molecular flexibility index (Phi) is 15.0. The van der Waals surface area contributed by atoms with Crippen molar-refractivity contribution < 1.29 is 31.8 Å². The fourth-order valence-electron chi connectivity index (χ4n) is 4.28. The van der Waals surface area contributed by atoms with Crippen LogP contribution < -0.4 is 4.39 Å². The number of benzene rings is 2. The van der Waals surface area contributed by atoms with Crippen LogP contribution in [0.2, 0.25) is 36.3 Å². The highest BCUT2D eigenvalue weighted by atomic mass is 32.2. The molecule has 2 aromatic carbocycles. The number of nitrogens with one attached hydrogen (secondary N) is 1. The summed E-state index contributed by atoms with van der Waals surface area (Å²) in [6.45, 7) is 23.7. The Balaban J connectivity index is 1.86. The Morgan fingerprint density at radius 3 is 1.57 bits per heavy atom. The van der Waals surface area contributed by atoms with Crippen LogP contribution in [0, 0.1) is 0 Å². The van der Waals surface area contributed by atoms with Gasteiger partial charge in [-0.2, -0.15) is 0 Å². The quantitative estimate of drug-likeness (QED) is 0.0913. The molecule has 0 saturated carbocycles. The molecule has 3 rings (SSSR count). The zero-order valence-corrected chi connectivity index (χ0v) is 34.8. The molecule has 0 aliphatic heterocycles. The van der Waals surface area contributed by atoms with Gasteiger partial charge in [0.2, 0.25) is 10.0 Å². The van der Waals surface area contributed by atoms with E-state index in [4.69, 9.17) is 28.4 Å². The molecule has 0 atom stereocenters. The summed E-state index contributed by atoms with van der Waals surface area (Å²) < 4.78 is 62.1. The molecule has 0 fully saturated rings. The first-order valence-electron chi connectivity index (χ1n) is 16.9. The number of nitrogens with zero attached hydrogens (tertiary/aromatic N) is 1. The fraction of sp³-hybridized carbons (Fsp3) is 0.583. The second-order valence-corrected chi connectivity index (χ2v) is 28.5. The van der Waals surface area contributed by atoms with Crippen molar-refractivity contribution in [1.29, 1.82) is 0 Å². The van der Waals surface area contributed by atoms with E-state index in [9.17, 15) is 8.42 Å². The average Bonchev–Trinajstić information content (AvgIpc) is 3.52. The molecular formula is C36H58N2O7S2Si2. The van der Waals surface area contributed by atoms with E-state index in [2.05, 4.69) is 59.0 Å². The lowest BCUT2D eigenvalue weighted by Crippen LogP contribution is -2.54. The normalized spacial score (nSPS) is 13.6. The third-order valence-corrected chi connectivity index (χ3v) is 23.2. The van der Waals surface area contributed by atoms with Crippen molar-refractivity contribution in [2.45, 2.75) is 101 Å². The van der Waals surface area contributed by atoms with E-state index in [0.29, 0.717) is 44.6 Å². The predicted octanol–water partition coefficient (Wildman–Crippen LogP) is 8.11. The molecule has 0 aliphatic carbocycles. The molecule has 0 spiro atoms. The van der Waals surface area contributed by atoms with Gasteiger partial charge in [-0.25, -0.2) is 17.8 Å². The van der Waals surface area contributed by atoms with Crippen molar-refractivity contribution in [3.05, 3.63) is 83.0 Å². The lowest BCUT2D eigenvalue weighted by Gasteiger charge is -2.44. The first kappa shape index (κ1) is 41.6. The van der Waals surface area contributed by atoms with Crippen molar-refractivity contribution in [1.82, 2.24) is 9.37 Å². The zero-order chi connectivity index (χ0) is 36.4. The number of ether oxygens (including phenoxy) is 4. The van der Waals surface area contributed by atoms with Gasteiger partial charge in [-0.15, -0.1) is 11.3 Å². The first-order valence-corrected chi connectivity index (χ1v) is 25.1. The van der Waals surface area contributed by atoms with Crippen LogP contribution in [-0.4, -0.2) is 69.6 Å². The Morgan fingerprint density at radius 1 is 0.694 bits per heavy atom. The van der Waals surface area contributed by atoms with Gasteiger partial charge >= 0.3 is 0 Å². The topological polar surface area (TPSA) is 105 Å². The van der Waals surface area contributed by atoms with Crippen molar-refractivity contribution in [3.8, 4) is 0 Å². The van der Waals surface area contributed by atoms with Gasteiger partial charge in [-0.3, -0.25) is 0 Å². The monoisotopic (exact) mass is 750 g/mol. The van der Waals surface area contributed by atoms with Crippen LogP contribution in [0.5, 0.6) is 0 Å². The minimum Gasteiger partial charge on any atom is -0.401 e. The maximum absolute atomic E-state index is 13.7. The summed E-state index contributed by atoms with van der Waals surface area (Å²) in [6.07, 6.45) is 1.44. The highest BCUT2D eigenvalue weighted by molar-refractivity contribution is 7.93. The first-order chi connectivity index (χ1) is 22.8. The Bertz CT molecular complexity index is 1470. The maximum Gasteiger partial charge on any atom is 0.245 e. The second-order valence-electron chi connectivity index (χ2n) is 15.5. The number of rotatable bonds is 20. The average molecular weight is 751 g/mol. The molecule has 274 valence electrons. The minimum absolute atomic E-state index is 0.113. The number of sulfonamides is 1. The highest BCUT2D eigenvalue weighted by Crippen LogP contribution is 2.44. The molecule has 13 heteroatoms. The molecule has 0 amide bonds. The molecule has 0 aliphatic rings. The highest BCUT2D eigenvalue weighted by Gasteiger charge is 2.48. The van der Waals surface area contributed by atoms with Gasteiger partial charge in [0, 0.05) is 0 Å². The van der Waals surface area contributed by atoms with Gasteiger partial charge in [0.25, 0.3) is 0 Å². The van der Waals surface area contributed by atoms with E-state index in [1.54, 1.807) is 0 Å². The van der Waals surface area contributed by atoms with Crippen LogP contribution in [0.4, 0.5) is 0 Å². The van der Waals surface area contributed by atoms with Crippen LogP contribution >= 0.6 is 11.3 Å². The predicted molar refractivity (Wildman–Crippen MR) is 203 cm³/mol. The molecule has 0 unspecified atom stereocenters. The number of aromatic nitrogens is 1. The molecule has 49 heavy (non-hydrogen) atoms. The summed E-state index contributed by atoms with van der Waals surface area (Å²) in [5, 5.41) is 0.171. The standard InChI is InChI=1S/C36H58N2O7S2Si2/c1-34(2,3)48(7,8)38-47(39,40)32-25-37-33(46-32)36(45-49(9,10)35(4,5)6,28-43-23-21-41-26-30-17-13-11-14-18-30)29-44-24-22-42-27-31-19-15-12-16-20-31/h11-20,25,38H,21-24,26-29H2,1-10H3. The maximum atomic E-state index is 13.7. The zero-order valence-electron chi connectivity index (χ0n) is 31.1. The molecule has 0 radical (unpaired) electrons. The van der Waals surface area contributed by atoms with Crippen LogP contribution in [0.25, 0.3) is 0 Å². The van der Waals surface area contributed by atoms with Gasteiger partial charge in [-0.05, 0) is 34.3 Å². The molecule has 1 heterocycles. The van der Waals surface area contributed by atoms with Crippen molar-refractivity contribution >= 4 is 37.9 Å². The lowest BCUT2D eigenvalue weighted by molar-refractivity contribution is -0.103. The summed E-state index contributed by atoms with van der Waals surface area (Å²) in [4.78, 5) is 4.71. The lowest BCUT2D eigenvalue weighted by atomic mass is 10.1. The number of thiazole rings is 1. The third-order valence-electron chi connectivity index (χ3n) is 9.30. The van der Waals surface area contributed by atoms with Crippen LogP contribution in [0.15, 0.2) is 71.1 Å². The van der Waals surface area contributed by atoms with Crippen LogP contribution in [0.3, 0.4) is 0 Å². The Hall–Kier alpha value is -1.79. The largest absolute Gasteiger partial charge is 0.401 e. The SMILES string of the molecule is CC(C)(C)[Si](C)(C)NS(=O)(=O)c1cnc(C(COCCOCc2ccccc2)(COCCOCc2ccccc2)O[Si](C)(C)C(C)(C)C)s1. The van der Waals surface area contributed by atoms with Gasteiger partial charge in [0.15, 0.2) is 18.1 Å². The molecule has 1 N–H and O–H groups in total. The molecule has 3 aromatic rings. The van der Waals surface area contributed by atoms with Crippen molar-refractivity contribution in [2.24, 2.45) is 0 Å². The second kappa shape index (κ2) is 17.6.